The van der Waals surface area contributed by atoms with Crippen molar-refractivity contribution in [1.82, 2.24) is 6.15 Å². The molecule has 0 saturated heterocycles. The summed E-state index contributed by atoms with van der Waals surface area (Å²) < 4.78 is 0. The molecule has 0 radical (unpaired) electrons. The Kier molecular flexibility index (Phi) is 24.7. The lowest BCUT2D eigenvalue weighted by atomic mass is 10.5. The fourth-order valence-electron chi connectivity index (χ4n) is 0.0676. The number of carboxylic acid groups (broad SMARTS) is 2. The summed E-state index contributed by atoms with van der Waals surface area (Å²) in [6.07, 6.45) is -0.403. The van der Waals surface area contributed by atoms with Gasteiger partial charge in [-0.2, -0.15) is 5.26 Å². The summed E-state index contributed by atoms with van der Waals surface area (Å²) in [5, 5.41) is 22.2. The maximum absolute atomic E-state index is 9.38. The molecule has 0 aliphatic rings. The molecule has 10 heavy (non-hydrogen) atoms. The van der Waals surface area contributed by atoms with Crippen LogP contribution in [0.4, 0.5) is 0 Å². The third-order valence-corrected chi connectivity index (χ3v) is 0.230. The first kappa shape index (κ1) is 15.8. The summed E-state index contributed by atoms with van der Waals surface area (Å²) in [5.41, 5.74) is 0. The minimum absolute atomic E-state index is 0. The van der Waals surface area contributed by atoms with E-state index in [2.05, 4.69) is 0 Å². The summed E-state index contributed by atoms with van der Waals surface area (Å²) in [6.45, 7) is -0.250. The van der Waals surface area contributed by atoms with Crippen molar-refractivity contribution in [3.63, 3.8) is 0 Å². The second kappa shape index (κ2) is 15.7. The fourth-order valence-corrected chi connectivity index (χ4v) is 0.0676. The summed E-state index contributed by atoms with van der Waals surface area (Å²) in [4.78, 5) is 17.7. The second-order valence-corrected chi connectivity index (χ2v) is 0.834. The zero-order valence-corrected chi connectivity index (χ0v) is 5.15. The van der Waals surface area contributed by atoms with Crippen LogP contribution in [0.15, 0.2) is 0 Å². The fraction of sp³-hybridized carbons (Fsp3) is 0.250. The predicted molar refractivity (Wildman–Crippen MR) is 31.6 cm³/mol. The van der Waals surface area contributed by atoms with Crippen molar-refractivity contribution in [1.29, 1.82) is 5.26 Å². The van der Waals surface area contributed by atoms with Crippen LogP contribution in [0.3, 0.4) is 0 Å². The van der Waals surface area contributed by atoms with E-state index in [1.807, 2.05) is 0 Å². The van der Waals surface area contributed by atoms with Gasteiger partial charge in [0.25, 0.3) is 6.47 Å². The molecule has 0 bridgehead atoms. The van der Waals surface area contributed by atoms with Crippen molar-refractivity contribution in [3.05, 3.63) is 0 Å². The first-order chi connectivity index (χ1) is 4.18. The van der Waals surface area contributed by atoms with E-state index in [9.17, 15) is 4.79 Å². The lowest BCUT2D eigenvalue weighted by Crippen LogP contribution is -1.88. The third kappa shape index (κ3) is 96.1. The monoisotopic (exact) mass is 148 g/mol. The molecule has 0 heterocycles. The van der Waals surface area contributed by atoms with Gasteiger partial charge in [0.2, 0.25) is 0 Å². The highest BCUT2D eigenvalue weighted by molar-refractivity contribution is 5.69. The van der Waals surface area contributed by atoms with E-state index in [0.29, 0.717) is 0 Å². The molecule has 0 rings (SSSR count). The van der Waals surface area contributed by atoms with Crippen molar-refractivity contribution >= 4 is 12.4 Å². The van der Waals surface area contributed by atoms with E-state index < -0.39 is 12.4 Å². The largest absolute Gasteiger partial charge is 0.483 e. The quantitative estimate of drug-likeness (QED) is 0.442. The van der Waals surface area contributed by atoms with E-state index in [4.69, 9.17) is 20.3 Å². The Hall–Kier alpha value is -1.61. The van der Waals surface area contributed by atoms with Crippen LogP contribution in [0.2, 0.25) is 0 Å². The van der Waals surface area contributed by atoms with Gasteiger partial charge in [-0.25, -0.2) is 0 Å². The van der Waals surface area contributed by atoms with Crippen LogP contribution in [0.1, 0.15) is 6.42 Å². The summed E-state index contributed by atoms with van der Waals surface area (Å²) in [7, 11) is 0. The Labute approximate surface area is 57.3 Å². The molecule has 0 aromatic rings. The van der Waals surface area contributed by atoms with E-state index >= 15 is 0 Å². The number of hydrogen-bond donors (Lipinski definition) is 3. The zero-order chi connectivity index (χ0) is 7.70. The first-order valence-electron chi connectivity index (χ1n) is 1.85. The molecule has 58 valence electrons. The molecule has 0 amide bonds. The Balaban J connectivity index is -0.000000107. The number of nitriles is 1. The van der Waals surface area contributed by atoms with E-state index in [1.165, 1.54) is 6.07 Å². The molecule has 0 spiro atoms. The molecular formula is C4H8N2O4. The summed E-state index contributed by atoms with van der Waals surface area (Å²) in [5.74, 6) is -1.07. The topological polar surface area (TPSA) is 133 Å². The number of carboxylic acids is 1. The van der Waals surface area contributed by atoms with Crippen LogP contribution in [-0.4, -0.2) is 22.7 Å². The molecule has 0 aromatic heterocycles. The van der Waals surface area contributed by atoms with Crippen molar-refractivity contribution in [2.45, 2.75) is 6.42 Å². The standard InChI is InChI=1S/C3H3NO2.CH2O2.H3N/c4-2-1-3(5)6;2-1-3;/h1H2,(H,5,6);1H,(H,2,3);1H3. The van der Waals surface area contributed by atoms with E-state index in [0.717, 1.165) is 0 Å². The zero-order valence-electron chi connectivity index (χ0n) is 5.15. The Morgan fingerprint density at radius 1 is 1.70 bits per heavy atom. The van der Waals surface area contributed by atoms with Crippen molar-refractivity contribution < 1.29 is 19.8 Å². The average molecular weight is 148 g/mol. The Bertz CT molecular complexity index is 128. The average Bonchev–Trinajstić information content (AvgIpc) is 1.67. The number of carbonyl (C=O) groups is 2. The molecule has 0 saturated carbocycles. The number of aliphatic carboxylic acids is 1. The Morgan fingerprint density at radius 2 is 2.00 bits per heavy atom. The predicted octanol–water partition coefficient (Wildman–Crippen LogP) is -0.153. The lowest BCUT2D eigenvalue weighted by molar-refractivity contribution is -0.135. The van der Waals surface area contributed by atoms with Crippen LogP contribution in [0, 0.1) is 11.3 Å². The number of rotatable bonds is 1. The molecule has 0 aliphatic heterocycles. The smallest absolute Gasteiger partial charge is 0.317 e. The van der Waals surface area contributed by atoms with Gasteiger partial charge in [-0.3, -0.25) is 9.59 Å². The normalized spacial score (nSPS) is 5.10. The highest BCUT2D eigenvalue weighted by Crippen LogP contribution is 1.68. The summed E-state index contributed by atoms with van der Waals surface area (Å²) in [6, 6.07) is 1.47. The van der Waals surface area contributed by atoms with Crippen LogP contribution in [-0.2, 0) is 9.59 Å². The third-order valence-electron chi connectivity index (χ3n) is 0.230. The number of hydrogen-bond acceptors (Lipinski definition) is 4. The number of nitrogens with zero attached hydrogens (tertiary/aromatic N) is 1. The van der Waals surface area contributed by atoms with Gasteiger partial charge in [0.05, 0.1) is 6.07 Å². The minimum Gasteiger partial charge on any atom is -0.483 e. The molecule has 5 N–H and O–H groups in total. The molecule has 6 nitrogen and oxygen atoms in total. The van der Waals surface area contributed by atoms with Gasteiger partial charge in [0.1, 0.15) is 6.42 Å². The maximum atomic E-state index is 9.38. The molecule has 0 unspecified atom stereocenters. The van der Waals surface area contributed by atoms with Gasteiger partial charge in [-0.15, -0.1) is 0 Å². The molecule has 0 atom stereocenters. The van der Waals surface area contributed by atoms with Crippen LogP contribution in [0.25, 0.3) is 0 Å². The minimum atomic E-state index is -1.07. The van der Waals surface area contributed by atoms with E-state index in [1.54, 1.807) is 0 Å². The lowest BCUT2D eigenvalue weighted by Gasteiger charge is -1.70. The van der Waals surface area contributed by atoms with Gasteiger partial charge in [-0.1, -0.05) is 0 Å². The van der Waals surface area contributed by atoms with Crippen molar-refractivity contribution in [2.24, 2.45) is 0 Å². The SMILES string of the molecule is N.N#CCC(=O)O.O=CO. The molecule has 0 fully saturated rings. The molecular weight excluding hydrogens is 140 g/mol. The van der Waals surface area contributed by atoms with Crippen LogP contribution in [0.5, 0.6) is 0 Å². The van der Waals surface area contributed by atoms with Gasteiger partial charge >= 0.3 is 5.97 Å². The van der Waals surface area contributed by atoms with Crippen molar-refractivity contribution in [3.8, 4) is 6.07 Å². The maximum Gasteiger partial charge on any atom is 0.317 e. The second-order valence-electron chi connectivity index (χ2n) is 0.834. The van der Waals surface area contributed by atoms with Crippen molar-refractivity contribution in [2.75, 3.05) is 0 Å². The highest BCUT2D eigenvalue weighted by Gasteiger charge is 1.87. The molecule has 6 heteroatoms. The molecule has 0 aliphatic carbocycles. The Morgan fingerprint density at radius 3 is 2.00 bits per heavy atom. The summed E-state index contributed by atoms with van der Waals surface area (Å²) >= 11 is 0. The highest BCUT2D eigenvalue weighted by atomic mass is 16.4. The molecule has 0 aromatic carbocycles. The first-order valence-corrected chi connectivity index (χ1v) is 1.85. The van der Waals surface area contributed by atoms with Gasteiger partial charge in [0, 0.05) is 0 Å². The van der Waals surface area contributed by atoms with E-state index in [-0.39, 0.29) is 12.6 Å². The van der Waals surface area contributed by atoms with Gasteiger partial charge in [0.15, 0.2) is 0 Å². The van der Waals surface area contributed by atoms with Crippen LogP contribution < -0.4 is 6.15 Å². The van der Waals surface area contributed by atoms with Gasteiger partial charge < -0.3 is 16.4 Å². The van der Waals surface area contributed by atoms with Gasteiger partial charge in [-0.05, 0) is 0 Å². The van der Waals surface area contributed by atoms with Crippen LogP contribution >= 0.6 is 0 Å².